The standard InChI is InChI=1S/C19H17N5O2S/c1-25-13-9-7-12(8-10-13)14-11-27-19(21-14)17-18(20)24(23-22-17)15-5-3-4-6-16(15)26-2/h3-11H,20H2,1-2H3. The van der Waals surface area contributed by atoms with Crippen molar-refractivity contribution in [3.8, 4) is 39.1 Å². The van der Waals surface area contributed by atoms with Crippen molar-refractivity contribution in [2.24, 2.45) is 0 Å². The van der Waals surface area contributed by atoms with Crippen LogP contribution in [0.1, 0.15) is 0 Å². The van der Waals surface area contributed by atoms with Crippen molar-refractivity contribution in [3.05, 3.63) is 53.9 Å². The van der Waals surface area contributed by atoms with E-state index in [2.05, 4.69) is 15.3 Å². The fourth-order valence-corrected chi connectivity index (χ4v) is 3.52. The largest absolute Gasteiger partial charge is 0.497 e. The van der Waals surface area contributed by atoms with Crippen molar-refractivity contribution in [1.29, 1.82) is 0 Å². The zero-order chi connectivity index (χ0) is 18.8. The average molecular weight is 379 g/mol. The van der Waals surface area contributed by atoms with Crippen LogP contribution in [0.5, 0.6) is 11.5 Å². The molecule has 2 aromatic carbocycles. The van der Waals surface area contributed by atoms with E-state index in [1.54, 1.807) is 18.9 Å². The SMILES string of the molecule is COc1ccc(-c2csc(-c3nnn(-c4ccccc4OC)c3N)n2)cc1. The van der Waals surface area contributed by atoms with Crippen molar-refractivity contribution in [1.82, 2.24) is 20.0 Å². The molecule has 4 aromatic rings. The van der Waals surface area contributed by atoms with Gasteiger partial charge < -0.3 is 15.2 Å². The first-order chi connectivity index (χ1) is 13.2. The number of nitrogens with zero attached hydrogens (tertiary/aromatic N) is 4. The van der Waals surface area contributed by atoms with E-state index in [9.17, 15) is 0 Å². The van der Waals surface area contributed by atoms with Gasteiger partial charge in [-0.3, -0.25) is 0 Å². The van der Waals surface area contributed by atoms with Crippen LogP contribution < -0.4 is 15.2 Å². The van der Waals surface area contributed by atoms with Gasteiger partial charge in [0.15, 0.2) is 11.5 Å². The lowest BCUT2D eigenvalue weighted by atomic mass is 10.2. The van der Waals surface area contributed by atoms with Crippen LogP contribution in [0.3, 0.4) is 0 Å². The van der Waals surface area contributed by atoms with Crippen LogP contribution in [0, 0.1) is 0 Å². The number of ether oxygens (including phenoxy) is 2. The third kappa shape index (κ3) is 3.11. The van der Waals surface area contributed by atoms with E-state index in [0.717, 1.165) is 22.7 Å². The zero-order valence-electron chi connectivity index (χ0n) is 14.8. The van der Waals surface area contributed by atoms with Gasteiger partial charge in [-0.1, -0.05) is 17.3 Å². The number of hydrogen-bond acceptors (Lipinski definition) is 7. The summed E-state index contributed by atoms with van der Waals surface area (Å²) in [5.41, 5.74) is 9.43. The summed E-state index contributed by atoms with van der Waals surface area (Å²) < 4.78 is 12.1. The Morgan fingerprint density at radius 3 is 2.52 bits per heavy atom. The molecule has 0 fully saturated rings. The molecule has 0 unspecified atom stereocenters. The van der Waals surface area contributed by atoms with Gasteiger partial charge in [0.2, 0.25) is 0 Å². The van der Waals surface area contributed by atoms with E-state index in [0.29, 0.717) is 22.3 Å². The molecule has 0 radical (unpaired) electrons. The first kappa shape index (κ1) is 17.0. The van der Waals surface area contributed by atoms with Crippen LogP contribution in [0.2, 0.25) is 0 Å². The second-order valence-corrected chi connectivity index (χ2v) is 6.53. The lowest BCUT2D eigenvalue weighted by Crippen LogP contribution is -2.04. The molecule has 8 heteroatoms. The van der Waals surface area contributed by atoms with Gasteiger partial charge in [0, 0.05) is 10.9 Å². The highest BCUT2D eigenvalue weighted by molar-refractivity contribution is 7.13. The highest BCUT2D eigenvalue weighted by Gasteiger charge is 2.18. The number of nitrogens with two attached hydrogens (primary N) is 1. The molecule has 7 nitrogen and oxygen atoms in total. The Hall–Kier alpha value is -3.39. The Kier molecular flexibility index (Phi) is 4.47. The maximum absolute atomic E-state index is 6.31. The first-order valence-corrected chi connectivity index (χ1v) is 9.04. The van der Waals surface area contributed by atoms with Crippen LogP contribution in [0.25, 0.3) is 27.6 Å². The average Bonchev–Trinajstić information content (AvgIpc) is 3.34. The van der Waals surface area contributed by atoms with Gasteiger partial charge in [0.1, 0.15) is 22.2 Å². The zero-order valence-corrected chi connectivity index (χ0v) is 15.6. The smallest absolute Gasteiger partial charge is 0.165 e. The van der Waals surface area contributed by atoms with E-state index in [1.807, 2.05) is 53.9 Å². The Morgan fingerprint density at radius 2 is 1.78 bits per heavy atom. The van der Waals surface area contributed by atoms with Crippen molar-refractivity contribution in [2.75, 3.05) is 20.0 Å². The molecule has 0 aliphatic heterocycles. The number of nitrogen functional groups attached to an aromatic ring is 1. The van der Waals surface area contributed by atoms with E-state index in [1.165, 1.54) is 11.3 Å². The number of para-hydroxylation sites is 2. The molecule has 0 spiro atoms. The lowest BCUT2D eigenvalue weighted by molar-refractivity contribution is 0.411. The van der Waals surface area contributed by atoms with Gasteiger partial charge >= 0.3 is 0 Å². The fraction of sp³-hybridized carbons (Fsp3) is 0.105. The quantitative estimate of drug-likeness (QED) is 0.569. The Bertz CT molecular complexity index is 1070. The van der Waals surface area contributed by atoms with Crippen LogP contribution in [-0.2, 0) is 0 Å². The van der Waals surface area contributed by atoms with Crippen LogP contribution >= 0.6 is 11.3 Å². The molecule has 0 aliphatic carbocycles. The monoisotopic (exact) mass is 379 g/mol. The third-order valence-electron chi connectivity index (χ3n) is 4.11. The predicted octanol–water partition coefficient (Wildman–Crippen LogP) is 3.66. The Balaban J connectivity index is 1.69. The van der Waals surface area contributed by atoms with Crippen LogP contribution in [-0.4, -0.2) is 34.2 Å². The normalized spacial score (nSPS) is 10.7. The number of aromatic nitrogens is 4. The van der Waals surface area contributed by atoms with Gasteiger partial charge in [-0.2, -0.15) is 4.68 Å². The van der Waals surface area contributed by atoms with E-state index < -0.39 is 0 Å². The third-order valence-corrected chi connectivity index (χ3v) is 4.96. The van der Waals surface area contributed by atoms with Gasteiger partial charge in [0.05, 0.1) is 19.9 Å². The topological polar surface area (TPSA) is 88.1 Å². The molecule has 0 saturated heterocycles. The molecule has 0 atom stereocenters. The molecule has 0 aliphatic rings. The summed E-state index contributed by atoms with van der Waals surface area (Å²) >= 11 is 1.47. The summed E-state index contributed by atoms with van der Waals surface area (Å²) in [5.74, 6) is 1.88. The van der Waals surface area contributed by atoms with E-state index in [4.69, 9.17) is 15.2 Å². The number of thiazole rings is 1. The summed E-state index contributed by atoms with van der Waals surface area (Å²) in [7, 11) is 3.25. The van der Waals surface area contributed by atoms with Gasteiger partial charge in [0.25, 0.3) is 0 Å². The van der Waals surface area contributed by atoms with Crippen molar-refractivity contribution >= 4 is 17.2 Å². The minimum atomic E-state index is 0.412. The number of anilines is 1. The van der Waals surface area contributed by atoms with Crippen molar-refractivity contribution in [2.45, 2.75) is 0 Å². The molecular formula is C19H17N5O2S. The molecule has 2 aromatic heterocycles. The molecule has 0 amide bonds. The summed E-state index contributed by atoms with van der Waals surface area (Å²) in [4.78, 5) is 4.67. The van der Waals surface area contributed by atoms with Gasteiger partial charge in [-0.15, -0.1) is 16.4 Å². The van der Waals surface area contributed by atoms with Crippen molar-refractivity contribution < 1.29 is 9.47 Å². The second kappa shape index (κ2) is 7.08. The molecule has 0 saturated carbocycles. The number of rotatable bonds is 5. The lowest BCUT2D eigenvalue weighted by Gasteiger charge is -2.08. The number of hydrogen-bond donors (Lipinski definition) is 1. The molecule has 0 bridgehead atoms. The highest BCUT2D eigenvalue weighted by Crippen LogP contribution is 2.33. The highest BCUT2D eigenvalue weighted by atomic mass is 32.1. The predicted molar refractivity (Wildman–Crippen MR) is 105 cm³/mol. The minimum absolute atomic E-state index is 0.412. The van der Waals surface area contributed by atoms with Gasteiger partial charge in [-0.05, 0) is 36.4 Å². The molecule has 4 rings (SSSR count). The molecule has 27 heavy (non-hydrogen) atoms. The Labute approximate surface area is 160 Å². The first-order valence-electron chi connectivity index (χ1n) is 8.16. The maximum Gasteiger partial charge on any atom is 0.165 e. The minimum Gasteiger partial charge on any atom is -0.497 e. The van der Waals surface area contributed by atoms with E-state index in [-0.39, 0.29) is 0 Å². The molecular weight excluding hydrogens is 362 g/mol. The van der Waals surface area contributed by atoms with Crippen LogP contribution in [0.15, 0.2) is 53.9 Å². The van der Waals surface area contributed by atoms with Crippen LogP contribution in [0.4, 0.5) is 5.82 Å². The summed E-state index contributed by atoms with van der Waals surface area (Å²) in [6.07, 6.45) is 0. The van der Waals surface area contributed by atoms with E-state index >= 15 is 0 Å². The Morgan fingerprint density at radius 1 is 1.00 bits per heavy atom. The van der Waals surface area contributed by atoms with Gasteiger partial charge in [-0.25, -0.2) is 4.98 Å². The summed E-state index contributed by atoms with van der Waals surface area (Å²) in [5, 5.41) is 11.1. The fourth-order valence-electron chi connectivity index (χ4n) is 2.70. The molecule has 136 valence electrons. The number of benzene rings is 2. The molecule has 2 N–H and O–H groups in total. The second-order valence-electron chi connectivity index (χ2n) is 5.67. The van der Waals surface area contributed by atoms with Crippen molar-refractivity contribution in [3.63, 3.8) is 0 Å². The summed E-state index contributed by atoms with van der Waals surface area (Å²) in [6, 6.07) is 15.2. The molecule has 2 heterocycles. The summed E-state index contributed by atoms with van der Waals surface area (Å²) in [6.45, 7) is 0. The maximum atomic E-state index is 6.31. The number of methoxy groups -OCH3 is 2.